The molecule has 1 aromatic carbocycles. The quantitative estimate of drug-likeness (QED) is 0.755. The van der Waals surface area contributed by atoms with Crippen molar-refractivity contribution in [1.29, 1.82) is 0 Å². The fourth-order valence-corrected chi connectivity index (χ4v) is 5.71. The molecule has 7 nitrogen and oxygen atoms in total. The lowest BCUT2D eigenvalue weighted by Crippen LogP contribution is -2.48. The molecule has 1 aromatic heterocycles. The van der Waals surface area contributed by atoms with E-state index >= 15 is 0 Å². The number of urea groups is 1. The molecule has 7 heteroatoms. The van der Waals surface area contributed by atoms with Crippen LogP contribution in [0.25, 0.3) is 0 Å². The molecule has 5 rings (SSSR count). The zero-order valence-corrected chi connectivity index (χ0v) is 19.3. The molecule has 0 radical (unpaired) electrons. The highest BCUT2D eigenvalue weighted by Gasteiger charge is 2.41. The minimum Gasteiger partial charge on any atom is -0.352 e. The van der Waals surface area contributed by atoms with Crippen molar-refractivity contribution in [1.82, 2.24) is 20.5 Å². The summed E-state index contributed by atoms with van der Waals surface area (Å²) in [6.07, 6.45) is 6.12. The summed E-state index contributed by atoms with van der Waals surface area (Å²) in [7, 11) is 0. The molecular weight excluding hydrogens is 414 g/mol. The van der Waals surface area contributed by atoms with Gasteiger partial charge in [-0.25, -0.2) is 9.78 Å². The van der Waals surface area contributed by atoms with Crippen LogP contribution in [-0.2, 0) is 24.3 Å². The Labute approximate surface area is 195 Å². The molecule has 174 valence electrons. The fourth-order valence-electron chi connectivity index (χ4n) is 5.71. The summed E-state index contributed by atoms with van der Waals surface area (Å²) < 4.78 is 0. The number of benzene rings is 1. The molecule has 0 bridgehead atoms. The number of pyridine rings is 1. The maximum absolute atomic E-state index is 12.6. The van der Waals surface area contributed by atoms with Gasteiger partial charge in [-0.1, -0.05) is 36.8 Å². The van der Waals surface area contributed by atoms with Crippen molar-refractivity contribution in [2.24, 2.45) is 11.8 Å². The molecule has 3 unspecified atom stereocenters. The minimum atomic E-state index is -0.140. The highest BCUT2D eigenvalue weighted by Crippen LogP contribution is 2.36. The molecule has 3 atom stereocenters. The average molecular weight is 448 g/mol. The molecular formula is C26H33N5O2. The Morgan fingerprint density at radius 2 is 1.94 bits per heavy atom. The van der Waals surface area contributed by atoms with E-state index in [0.717, 1.165) is 63.2 Å². The van der Waals surface area contributed by atoms with Gasteiger partial charge in [0, 0.05) is 57.8 Å². The van der Waals surface area contributed by atoms with Crippen LogP contribution in [0.1, 0.15) is 42.9 Å². The molecule has 1 aliphatic carbocycles. The molecule has 3 heterocycles. The van der Waals surface area contributed by atoms with Crippen LogP contribution in [0.2, 0.25) is 0 Å². The summed E-state index contributed by atoms with van der Waals surface area (Å²) >= 11 is 0. The molecule has 1 saturated carbocycles. The highest BCUT2D eigenvalue weighted by atomic mass is 16.2. The second-order valence-electron chi connectivity index (χ2n) is 9.68. The number of carbonyl (C=O) groups is 2. The Kier molecular flexibility index (Phi) is 6.20. The van der Waals surface area contributed by atoms with E-state index in [1.54, 1.807) is 6.92 Å². The first-order valence-corrected chi connectivity index (χ1v) is 12.1. The number of hydrogen-bond acceptors (Lipinski definition) is 4. The largest absolute Gasteiger partial charge is 0.352 e. The third-order valence-corrected chi connectivity index (χ3v) is 7.58. The Morgan fingerprint density at radius 3 is 2.73 bits per heavy atom. The van der Waals surface area contributed by atoms with Gasteiger partial charge in [-0.15, -0.1) is 0 Å². The first-order chi connectivity index (χ1) is 16.1. The highest BCUT2D eigenvalue weighted by molar-refractivity contribution is 5.75. The van der Waals surface area contributed by atoms with E-state index < -0.39 is 0 Å². The van der Waals surface area contributed by atoms with Gasteiger partial charge < -0.3 is 20.4 Å². The Balaban J connectivity index is 1.12. The van der Waals surface area contributed by atoms with E-state index in [-0.39, 0.29) is 18.0 Å². The average Bonchev–Trinajstić information content (AvgIpc) is 3.29. The van der Waals surface area contributed by atoms with Crippen LogP contribution < -0.4 is 15.5 Å². The number of anilines is 1. The number of nitrogens with one attached hydrogen (secondary N) is 2. The molecule has 2 N–H and O–H groups in total. The minimum absolute atomic E-state index is 0.135. The van der Waals surface area contributed by atoms with Crippen LogP contribution in [0.3, 0.4) is 0 Å². The van der Waals surface area contributed by atoms with Crippen LogP contribution in [-0.4, -0.2) is 47.5 Å². The molecule has 33 heavy (non-hydrogen) atoms. The summed E-state index contributed by atoms with van der Waals surface area (Å²) in [4.78, 5) is 33.3. The Morgan fingerprint density at radius 1 is 1.09 bits per heavy atom. The lowest BCUT2D eigenvalue weighted by atomic mass is 9.78. The number of nitrogens with zero attached hydrogens (tertiary/aromatic N) is 3. The molecule has 1 saturated heterocycles. The van der Waals surface area contributed by atoms with Crippen LogP contribution in [0.5, 0.6) is 0 Å². The summed E-state index contributed by atoms with van der Waals surface area (Å²) in [5.41, 5.74) is 3.78. The van der Waals surface area contributed by atoms with Crippen molar-refractivity contribution in [3.8, 4) is 0 Å². The second kappa shape index (κ2) is 9.41. The molecule has 3 amide bonds. The zero-order valence-electron chi connectivity index (χ0n) is 19.3. The number of likely N-dealkylation sites (tertiary alicyclic amines) is 1. The lowest BCUT2D eigenvalue weighted by Gasteiger charge is -2.33. The predicted octanol–water partition coefficient (Wildman–Crippen LogP) is 3.09. The van der Waals surface area contributed by atoms with Gasteiger partial charge in [0.25, 0.3) is 0 Å². The van der Waals surface area contributed by atoms with Crippen LogP contribution in [0.4, 0.5) is 10.6 Å². The van der Waals surface area contributed by atoms with Crippen LogP contribution in [0, 0.1) is 11.8 Å². The van der Waals surface area contributed by atoms with Gasteiger partial charge >= 0.3 is 6.03 Å². The van der Waals surface area contributed by atoms with Crippen LogP contribution >= 0.6 is 0 Å². The van der Waals surface area contributed by atoms with Crippen molar-refractivity contribution in [2.45, 2.75) is 51.7 Å². The normalized spacial score (nSPS) is 24.1. The molecule has 0 spiro atoms. The van der Waals surface area contributed by atoms with Crippen molar-refractivity contribution in [3.05, 3.63) is 59.3 Å². The van der Waals surface area contributed by atoms with Gasteiger partial charge in [0.05, 0.1) is 0 Å². The number of rotatable bonds is 4. The summed E-state index contributed by atoms with van der Waals surface area (Å²) in [5.74, 6) is 1.98. The predicted molar refractivity (Wildman–Crippen MR) is 128 cm³/mol. The number of carbonyl (C=O) groups excluding carboxylic acids is 2. The summed E-state index contributed by atoms with van der Waals surface area (Å²) in [6.45, 7) is 5.53. The zero-order chi connectivity index (χ0) is 22.8. The van der Waals surface area contributed by atoms with Gasteiger partial charge in [0.15, 0.2) is 0 Å². The maximum atomic E-state index is 12.6. The van der Waals surface area contributed by atoms with Gasteiger partial charge in [-0.05, 0) is 47.9 Å². The third kappa shape index (κ3) is 4.82. The SMILES string of the molecule is CC(=O)N1CC2CCCC(NC(=O)NCc3ccc(N4CCc5ccccc5C4)nc3)C2C1. The fraction of sp³-hybridized carbons (Fsp3) is 0.500. The third-order valence-electron chi connectivity index (χ3n) is 7.58. The second-order valence-corrected chi connectivity index (χ2v) is 9.68. The summed E-state index contributed by atoms with van der Waals surface area (Å²) in [5, 5.41) is 6.16. The number of amides is 3. The summed E-state index contributed by atoms with van der Waals surface area (Å²) in [6, 6.07) is 12.7. The molecule has 2 fully saturated rings. The smallest absolute Gasteiger partial charge is 0.315 e. The molecule has 2 aliphatic heterocycles. The van der Waals surface area contributed by atoms with E-state index in [1.807, 2.05) is 23.2 Å². The number of hydrogen-bond donors (Lipinski definition) is 2. The van der Waals surface area contributed by atoms with E-state index in [0.29, 0.717) is 18.4 Å². The Bertz CT molecular complexity index is 1010. The molecule has 3 aliphatic rings. The van der Waals surface area contributed by atoms with Gasteiger partial charge in [0.1, 0.15) is 5.82 Å². The Hall–Kier alpha value is -3.09. The lowest BCUT2D eigenvalue weighted by molar-refractivity contribution is -0.128. The van der Waals surface area contributed by atoms with Crippen molar-refractivity contribution in [2.75, 3.05) is 24.5 Å². The molecule has 2 aromatic rings. The van der Waals surface area contributed by atoms with Gasteiger partial charge in [-0.2, -0.15) is 0 Å². The monoisotopic (exact) mass is 447 g/mol. The topological polar surface area (TPSA) is 77.6 Å². The van der Waals surface area contributed by atoms with E-state index in [2.05, 4.69) is 44.8 Å². The first kappa shape index (κ1) is 21.7. The van der Waals surface area contributed by atoms with Crippen molar-refractivity contribution < 1.29 is 9.59 Å². The van der Waals surface area contributed by atoms with E-state index in [9.17, 15) is 9.59 Å². The number of aromatic nitrogens is 1. The maximum Gasteiger partial charge on any atom is 0.315 e. The standard InChI is InChI=1S/C26H33N5O2/c1-18(32)31-16-22-7-4-8-24(23(22)17-31)29-26(33)28-14-19-9-10-25(27-13-19)30-12-11-20-5-2-3-6-21(20)15-30/h2-3,5-6,9-10,13,22-24H,4,7-8,11-12,14-17H2,1H3,(H2,28,29,33). The van der Waals surface area contributed by atoms with E-state index in [4.69, 9.17) is 0 Å². The number of fused-ring (bicyclic) bond motifs is 2. The van der Waals surface area contributed by atoms with Crippen LogP contribution in [0.15, 0.2) is 42.6 Å². The van der Waals surface area contributed by atoms with Gasteiger partial charge in [0.2, 0.25) is 5.91 Å². The first-order valence-electron chi connectivity index (χ1n) is 12.1. The van der Waals surface area contributed by atoms with E-state index in [1.165, 1.54) is 11.1 Å². The van der Waals surface area contributed by atoms with Crippen molar-refractivity contribution >= 4 is 17.8 Å². The van der Waals surface area contributed by atoms with Crippen molar-refractivity contribution in [3.63, 3.8) is 0 Å². The van der Waals surface area contributed by atoms with Gasteiger partial charge in [-0.3, -0.25) is 4.79 Å².